The van der Waals surface area contributed by atoms with Crippen molar-refractivity contribution < 1.29 is 9.53 Å². The minimum atomic E-state index is -0.159. The third kappa shape index (κ3) is 3.94. The van der Waals surface area contributed by atoms with E-state index in [1.165, 1.54) is 0 Å². The lowest BCUT2D eigenvalue weighted by Crippen LogP contribution is -2.37. The van der Waals surface area contributed by atoms with E-state index in [4.69, 9.17) is 4.74 Å². The second-order valence-corrected chi connectivity index (χ2v) is 6.67. The molecule has 0 bridgehead atoms. The van der Waals surface area contributed by atoms with Crippen LogP contribution in [0.1, 0.15) is 21.5 Å². The van der Waals surface area contributed by atoms with Gasteiger partial charge in [0.05, 0.1) is 19.4 Å². The topological polar surface area (TPSA) is 70.6 Å². The van der Waals surface area contributed by atoms with Crippen molar-refractivity contribution in [2.24, 2.45) is 0 Å². The van der Waals surface area contributed by atoms with Crippen molar-refractivity contribution in [3.63, 3.8) is 0 Å². The highest BCUT2D eigenvalue weighted by molar-refractivity contribution is 6.06. The summed E-state index contributed by atoms with van der Waals surface area (Å²) in [6.07, 6.45) is 1.68. The van der Waals surface area contributed by atoms with Gasteiger partial charge in [0, 0.05) is 32.7 Å². The number of nitrogens with one attached hydrogen (secondary N) is 1. The first-order chi connectivity index (χ1) is 12.5. The number of morpholine rings is 1. The summed E-state index contributed by atoms with van der Waals surface area (Å²) in [6, 6.07) is 5.78. The van der Waals surface area contributed by atoms with Gasteiger partial charge >= 0.3 is 0 Å². The Hall–Kier alpha value is -2.67. The first-order valence-corrected chi connectivity index (χ1v) is 8.71. The molecule has 0 atom stereocenters. The molecule has 1 amide bonds. The fourth-order valence-electron chi connectivity index (χ4n) is 2.97. The number of benzene rings is 1. The zero-order valence-electron chi connectivity index (χ0n) is 15.7. The lowest BCUT2D eigenvalue weighted by Gasteiger charge is -2.28. The molecule has 0 aliphatic carbocycles. The number of anilines is 3. The molecule has 1 aromatic heterocycles. The number of hydrogen-bond acceptors (Lipinski definition) is 6. The summed E-state index contributed by atoms with van der Waals surface area (Å²) in [5.74, 6) is 1.18. The largest absolute Gasteiger partial charge is 0.378 e. The Labute approximate surface area is 154 Å². The lowest BCUT2D eigenvalue weighted by molar-refractivity contribution is 0.102. The Bertz CT molecular complexity index is 801. The van der Waals surface area contributed by atoms with Gasteiger partial charge in [-0.15, -0.1) is 0 Å². The van der Waals surface area contributed by atoms with Crippen LogP contribution in [0.3, 0.4) is 0 Å². The van der Waals surface area contributed by atoms with Crippen molar-refractivity contribution in [3.8, 4) is 0 Å². The molecular weight excluding hydrogens is 330 g/mol. The van der Waals surface area contributed by atoms with E-state index >= 15 is 0 Å². The van der Waals surface area contributed by atoms with E-state index in [1.807, 2.05) is 51.0 Å². The molecule has 2 aromatic rings. The SMILES string of the molecule is Cc1ccc(C(=O)Nc2cnc(N3CCOCC3)nc2N(C)C)c(C)c1. The van der Waals surface area contributed by atoms with Gasteiger partial charge in [-0.2, -0.15) is 4.98 Å². The average molecular weight is 355 g/mol. The van der Waals surface area contributed by atoms with Gasteiger partial charge in [-0.3, -0.25) is 4.79 Å². The van der Waals surface area contributed by atoms with Gasteiger partial charge < -0.3 is 19.9 Å². The molecule has 1 aliphatic heterocycles. The predicted octanol–water partition coefficient (Wildman–Crippen LogP) is 2.25. The van der Waals surface area contributed by atoms with E-state index in [9.17, 15) is 4.79 Å². The molecule has 1 aliphatic rings. The summed E-state index contributed by atoms with van der Waals surface area (Å²) in [6.45, 7) is 6.82. The number of amides is 1. The van der Waals surface area contributed by atoms with Crippen LogP contribution in [0.5, 0.6) is 0 Å². The Morgan fingerprint density at radius 3 is 2.62 bits per heavy atom. The van der Waals surface area contributed by atoms with Crippen molar-refractivity contribution in [2.45, 2.75) is 13.8 Å². The first-order valence-electron chi connectivity index (χ1n) is 8.71. The molecule has 1 saturated heterocycles. The zero-order chi connectivity index (χ0) is 18.7. The number of carbonyl (C=O) groups is 1. The van der Waals surface area contributed by atoms with Crippen LogP contribution in [-0.2, 0) is 4.74 Å². The van der Waals surface area contributed by atoms with E-state index in [2.05, 4.69) is 20.2 Å². The molecule has 2 heterocycles. The van der Waals surface area contributed by atoms with Crippen molar-refractivity contribution in [1.29, 1.82) is 0 Å². The summed E-state index contributed by atoms with van der Waals surface area (Å²) >= 11 is 0. The van der Waals surface area contributed by atoms with Crippen LogP contribution in [0.2, 0.25) is 0 Å². The van der Waals surface area contributed by atoms with E-state index in [-0.39, 0.29) is 5.91 Å². The van der Waals surface area contributed by atoms with Gasteiger partial charge in [0.2, 0.25) is 5.95 Å². The second kappa shape index (κ2) is 7.70. The highest BCUT2D eigenvalue weighted by atomic mass is 16.5. The minimum absolute atomic E-state index is 0.159. The maximum Gasteiger partial charge on any atom is 0.256 e. The molecule has 138 valence electrons. The van der Waals surface area contributed by atoms with Crippen LogP contribution in [0.25, 0.3) is 0 Å². The van der Waals surface area contributed by atoms with Crippen LogP contribution in [0, 0.1) is 13.8 Å². The molecule has 3 rings (SSSR count). The third-order valence-electron chi connectivity index (χ3n) is 4.35. The number of hydrogen-bond donors (Lipinski definition) is 1. The van der Waals surface area contributed by atoms with Crippen LogP contribution >= 0.6 is 0 Å². The van der Waals surface area contributed by atoms with Crippen LogP contribution in [0.15, 0.2) is 24.4 Å². The highest BCUT2D eigenvalue weighted by Gasteiger charge is 2.19. The maximum atomic E-state index is 12.7. The number of nitrogens with zero attached hydrogens (tertiary/aromatic N) is 4. The van der Waals surface area contributed by atoms with Crippen molar-refractivity contribution in [3.05, 3.63) is 41.1 Å². The summed E-state index contributed by atoms with van der Waals surface area (Å²) in [5, 5.41) is 2.95. The van der Waals surface area contributed by atoms with Gasteiger partial charge in [0.15, 0.2) is 5.82 Å². The number of aryl methyl sites for hydroxylation is 2. The summed E-state index contributed by atoms with van der Waals surface area (Å²) in [4.78, 5) is 25.8. The standard InChI is InChI=1S/C19H25N5O2/c1-13-5-6-15(14(2)11-13)18(25)21-16-12-20-19(22-17(16)23(3)4)24-7-9-26-10-8-24/h5-6,11-12H,7-10H2,1-4H3,(H,21,25). The van der Waals surface area contributed by atoms with Gasteiger partial charge in [0.1, 0.15) is 5.69 Å². The molecule has 1 fully saturated rings. The Morgan fingerprint density at radius 1 is 1.23 bits per heavy atom. The molecule has 7 nitrogen and oxygen atoms in total. The van der Waals surface area contributed by atoms with Crippen LogP contribution in [0.4, 0.5) is 17.5 Å². The van der Waals surface area contributed by atoms with Gasteiger partial charge in [-0.1, -0.05) is 17.7 Å². The summed E-state index contributed by atoms with van der Waals surface area (Å²) in [7, 11) is 3.80. The fourth-order valence-corrected chi connectivity index (χ4v) is 2.97. The Balaban J connectivity index is 1.85. The molecule has 1 aromatic carbocycles. The molecular formula is C19H25N5O2. The molecule has 0 saturated carbocycles. The average Bonchev–Trinajstić information content (AvgIpc) is 2.62. The smallest absolute Gasteiger partial charge is 0.256 e. The van der Waals surface area contributed by atoms with Gasteiger partial charge in [-0.25, -0.2) is 4.98 Å². The normalized spacial score (nSPS) is 14.2. The van der Waals surface area contributed by atoms with Gasteiger partial charge in [-0.05, 0) is 25.5 Å². The van der Waals surface area contributed by atoms with Gasteiger partial charge in [0.25, 0.3) is 5.91 Å². The third-order valence-corrected chi connectivity index (χ3v) is 4.35. The second-order valence-electron chi connectivity index (χ2n) is 6.67. The van der Waals surface area contributed by atoms with Crippen molar-refractivity contribution in [1.82, 2.24) is 9.97 Å². The maximum absolute atomic E-state index is 12.7. The summed E-state index contributed by atoms with van der Waals surface area (Å²) < 4.78 is 5.38. The quantitative estimate of drug-likeness (QED) is 0.907. The lowest BCUT2D eigenvalue weighted by atomic mass is 10.1. The van der Waals surface area contributed by atoms with E-state index in [0.717, 1.165) is 24.2 Å². The minimum Gasteiger partial charge on any atom is -0.378 e. The number of ether oxygens (including phenoxy) is 1. The molecule has 1 N–H and O–H groups in total. The Morgan fingerprint density at radius 2 is 1.96 bits per heavy atom. The molecule has 0 radical (unpaired) electrons. The monoisotopic (exact) mass is 355 g/mol. The Kier molecular flexibility index (Phi) is 5.37. The van der Waals surface area contributed by atoms with Crippen molar-refractivity contribution in [2.75, 3.05) is 55.5 Å². The number of rotatable bonds is 4. The number of aromatic nitrogens is 2. The van der Waals surface area contributed by atoms with Crippen molar-refractivity contribution >= 4 is 23.4 Å². The molecule has 7 heteroatoms. The van der Waals surface area contributed by atoms with Crippen LogP contribution < -0.4 is 15.1 Å². The molecule has 0 unspecified atom stereocenters. The van der Waals surface area contributed by atoms with E-state index in [0.29, 0.717) is 36.2 Å². The predicted molar refractivity (Wildman–Crippen MR) is 103 cm³/mol. The highest BCUT2D eigenvalue weighted by Crippen LogP contribution is 2.25. The first kappa shape index (κ1) is 18.1. The van der Waals surface area contributed by atoms with E-state index in [1.54, 1.807) is 6.20 Å². The zero-order valence-corrected chi connectivity index (χ0v) is 15.7. The fraction of sp³-hybridized carbons (Fsp3) is 0.421. The van der Waals surface area contributed by atoms with Crippen LogP contribution in [-0.4, -0.2) is 56.3 Å². The molecule has 0 spiro atoms. The number of carbonyl (C=O) groups excluding carboxylic acids is 1. The summed E-state index contributed by atoms with van der Waals surface area (Å²) in [5.41, 5.74) is 3.32. The van der Waals surface area contributed by atoms with E-state index < -0.39 is 0 Å². The molecule has 26 heavy (non-hydrogen) atoms.